The maximum atomic E-state index is 6.05. The third-order valence-corrected chi connectivity index (χ3v) is 5.56. The number of rotatable bonds is 4. The molecule has 1 aromatic carbocycles. The summed E-state index contributed by atoms with van der Waals surface area (Å²) in [4.78, 5) is 0. The van der Waals surface area contributed by atoms with Crippen LogP contribution in [0.15, 0.2) is 30.3 Å². The van der Waals surface area contributed by atoms with Crippen LogP contribution in [-0.2, 0) is 10.2 Å². The molecule has 0 unspecified atom stereocenters. The van der Waals surface area contributed by atoms with Crippen molar-refractivity contribution >= 4 is 0 Å². The molecule has 3 rings (SSSR count). The Kier molecular flexibility index (Phi) is 4.13. The molecule has 0 aromatic heterocycles. The van der Waals surface area contributed by atoms with Gasteiger partial charge in [-0.3, -0.25) is 0 Å². The van der Waals surface area contributed by atoms with Crippen LogP contribution in [0.1, 0.15) is 50.5 Å². The molecule has 110 valence electrons. The van der Waals surface area contributed by atoms with Crippen molar-refractivity contribution in [1.82, 2.24) is 5.32 Å². The molecule has 1 heterocycles. The smallest absolute Gasteiger partial charge is 0.0711 e. The lowest BCUT2D eigenvalue weighted by molar-refractivity contribution is -0.0562. The van der Waals surface area contributed by atoms with Crippen LogP contribution in [0.25, 0.3) is 0 Å². The Hall–Kier alpha value is -0.860. The van der Waals surface area contributed by atoms with Crippen LogP contribution in [0.4, 0.5) is 0 Å². The first-order valence-corrected chi connectivity index (χ1v) is 8.10. The molecular formula is C18H27NO. The molecule has 0 spiro atoms. The van der Waals surface area contributed by atoms with Crippen LogP contribution in [0.2, 0.25) is 0 Å². The van der Waals surface area contributed by atoms with Gasteiger partial charge in [-0.25, -0.2) is 0 Å². The maximum absolute atomic E-state index is 6.05. The molecule has 20 heavy (non-hydrogen) atoms. The van der Waals surface area contributed by atoms with E-state index in [1.807, 2.05) is 7.11 Å². The van der Waals surface area contributed by atoms with E-state index in [2.05, 4.69) is 35.6 Å². The van der Waals surface area contributed by atoms with Gasteiger partial charge in [-0.2, -0.15) is 0 Å². The van der Waals surface area contributed by atoms with E-state index in [0.717, 1.165) is 25.9 Å². The van der Waals surface area contributed by atoms with Crippen molar-refractivity contribution in [2.24, 2.45) is 0 Å². The maximum Gasteiger partial charge on any atom is 0.0711 e. The number of hydrogen-bond acceptors (Lipinski definition) is 2. The van der Waals surface area contributed by atoms with Gasteiger partial charge in [0.1, 0.15) is 0 Å². The summed E-state index contributed by atoms with van der Waals surface area (Å²) in [5.41, 5.74) is 1.98. The minimum Gasteiger partial charge on any atom is -0.378 e. The summed E-state index contributed by atoms with van der Waals surface area (Å²) in [6.07, 6.45) is 8.89. The molecule has 1 saturated carbocycles. The first kappa shape index (κ1) is 14.1. The highest BCUT2D eigenvalue weighted by Crippen LogP contribution is 2.48. The molecule has 2 fully saturated rings. The van der Waals surface area contributed by atoms with Gasteiger partial charge in [0.15, 0.2) is 0 Å². The zero-order valence-electron chi connectivity index (χ0n) is 12.7. The average Bonchev–Trinajstić information content (AvgIpc) is 2.99. The monoisotopic (exact) mass is 273 g/mol. The van der Waals surface area contributed by atoms with Crippen molar-refractivity contribution in [2.75, 3.05) is 20.2 Å². The Labute approximate surface area is 122 Å². The highest BCUT2D eigenvalue weighted by molar-refractivity contribution is 5.27. The molecule has 2 nitrogen and oxygen atoms in total. The van der Waals surface area contributed by atoms with Crippen molar-refractivity contribution in [3.63, 3.8) is 0 Å². The highest BCUT2D eigenvalue weighted by atomic mass is 16.5. The fourth-order valence-electron chi connectivity index (χ4n) is 4.36. The van der Waals surface area contributed by atoms with Crippen molar-refractivity contribution in [3.8, 4) is 0 Å². The molecule has 0 atom stereocenters. The van der Waals surface area contributed by atoms with Gasteiger partial charge in [-0.15, -0.1) is 0 Å². The Balaban J connectivity index is 1.87. The summed E-state index contributed by atoms with van der Waals surface area (Å²) in [6, 6.07) is 11.2. The predicted molar refractivity (Wildman–Crippen MR) is 83.0 cm³/mol. The number of hydrogen-bond donors (Lipinski definition) is 1. The predicted octanol–water partition coefficient (Wildman–Crippen LogP) is 3.66. The average molecular weight is 273 g/mol. The van der Waals surface area contributed by atoms with Crippen molar-refractivity contribution < 1.29 is 4.74 Å². The topological polar surface area (TPSA) is 21.3 Å². The zero-order chi connectivity index (χ0) is 13.9. The van der Waals surface area contributed by atoms with E-state index in [4.69, 9.17) is 4.74 Å². The van der Waals surface area contributed by atoms with Crippen molar-refractivity contribution in [3.05, 3.63) is 35.9 Å². The first-order chi connectivity index (χ1) is 9.79. The number of ether oxygens (including phenoxy) is 1. The van der Waals surface area contributed by atoms with E-state index in [-0.39, 0.29) is 5.60 Å². The van der Waals surface area contributed by atoms with Crippen molar-refractivity contribution in [2.45, 2.75) is 56.0 Å². The fourth-order valence-corrected chi connectivity index (χ4v) is 4.36. The lowest BCUT2D eigenvalue weighted by Gasteiger charge is -2.43. The summed E-state index contributed by atoms with van der Waals surface area (Å²) >= 11 is 0. The molecule has 1 aliphatic heterocycles. The second kappa shape index (κ2) is 5.87. The Bertz CT molecular complexity index is 416. The minimum absolute atomic E-state index is 0.0887. The lowest BCUT2D eigenvalue weighted by Crippen LogP contribution is -2.47. The normalized spacial score (nSPS) is 24.6. The molecule has 1 aliphatic carbocycles. The largest absolute Gasteiger partial charge is 0.378 e. The Morgan fingerprint density at radius 3 is 2.25 bits per heavy atom. The van der Waals surface area contributed by atoms with E-state index < -0.39 is 0 Å². The second-order valence-electron chi connectivity index (χ2n) is 6.67. The van der Waals surface area contributed by atoms with Gasteiger partial charge < -0.3 is 10.1 Å². The van der Waals surface area contributed by atoms with Gasteiger partial charge in [0, 0.05) is 7.11 Å². The van der Waals surface area contributed by atoms with E-state index in [9.17, 15) is 0 Å². The van der Waals surface area contributed by atoms with E-state index >= 15 is 0 Å². The van der Waals surface area contributed by atoms with Crippen LogP contribution in [0.3, 0.4) is 0 Å². The van der Waals surface area contributed by atoms with Crippen LogP contribution in [0.5, 0.6) is 0 Å². The van der Waals surface area contributed by atoms with Crippen LogP contribution < -0.4 is 5.32 Å². The highest BCUT2D eigenvalue weighted by Gasteiger charge is 2.44. The van der Waals surface area contributed by atoms with E-state index in [1.165, 1.54) is 37.7 Å². The summed E-state index contributed by atoms with van der Waals surface area (Å²) in [6.45, 7) is 2.19. The second-order valence-corrected chi connectivity index (χ2v) is 6.67. The van der Waals surface area contributed by atoms with Crippen LogP contribution >= 0.6 is 0 Å². The fraction of sp³-hybridized carbons (Fsp3) is 0.667. The Morgan fingerprint density at radius 1 is 1.00 bits per heavy atom. The SMILES string of the molecule is COC1(CC2(c3ccccc3)CCCC2)CCNCC1. The van der Waals surface area contributed by atoms with Crippen molar-refractivity contribution in [1.29, 1.82) is 0 Å². The molecule has 1 N–H and O–H groups in total. The lowest BCUT2D eigenvalue weighted by atomic mass is 9.69. The summed E-state index contributed by atoms with van der Waals surface area (Å²) in [5, 5.41) is 3.47. The number of benzene rings is 1. The summed E-state index contributed by atoms with van der Waals surface area (Å²) in [7, 11) is 1.92. The van der Waals surface area contributed by atoms with Gasteiger partial charge in [0.25, 0.3) is 0 Å². The van der Waals surface area contributed by atoms with Crippen LogP contribution in [0, 0.1) is 0 Å². The molecule has 2 heteroatoms. The third kappa shape index (κ3) is 2.64. The van der Waals surface area contributed by atoms with Gasteiger partial charge in [-0.05, 0) is 56.2 Å². The number of methoxy groups -OCH3 is 1. The minimum atomic E-state index is 0.0887. The van der Waals surface area contributed by atoms with Gasteiger partial charge in [0.2, 0.25) is 0 Å². The van der Waals surface area contributed by atoms with Crippen LogP contribution in [-0.4, -0.2) is 25.8 Å². The number of nitrogens with one attached hydrogen (secondary N) is 1. The van der Waals surface area contributed by atoms with E-state index in [0.29, 0.717) is 5.41 Å². The molecule has 0 amide bonds. The summed E-state index contributed by atoms with van der Waals surface area (Å²) in [5.74, 6) is 0. The molecular weight excluding hydrogens is 246 g/mol. The van der Waals surface area contributed by atoms with Gasteiger partial charge in [0.05, 0.1) is 5.60 Å². The van der Waals surface area contributed by atoms with Gasteiger partial charge >= 0.3 is 0 Å². The molecule has 1 saturated heterocycles. The molecule has 0 radical (unpaired) electrons. The summed E-state index contributed by atoms with van der Waals surface area (Å²) < 4.78 is 6.05. The van der Waals surface area contributed by atoms with E-state index in [1.54, 1.807) is 0 Å². The quantitative estimate of drug-likeness (QED) is 0.904. The first-order valence-electron chi connectivity index (χ1n) is 8.10. The number of piperidine rings is 1. The molecule has 2 aliphatic rings. The Morgan fingerprint density at radius 2 is 1.65 bits per heavy atom. The molecule has 0 bridgehead atoms. The third-order valence-electron chi connectivity index (χ3n) is 5.56. The van der Waals surface area contributed by atoms with Gasteiger partial charge in [-0.1, -0.05) is 43.2 Å². The zero-order valence-corrected chi connectivity index (χ0v) is 12.7. The molecule has 1 aromatic rings. The standard InChI is InChI=1S/C18H27NO/c1-20-18(11-13-19-14-12-18)15-17(9-5-6-10-17)16-7-3-2-4-8-16/h2-4,7-8,19H,5-6,9-15H2,1H3.